The van der Waals surface area contributed by atoms with Crippen LogP contribution in [0.4, 0.5) is 11.4 Å². The fourth-order valence-electron chi connectivity index (χ4n) is 2.64. The van der Waals surface area contributed by atoms with E-state index in [1.807, 2.05) is 49.1 Å². The van der Waals surface area contributed by atoms with Gasteiger partial charge in [-0.3, -0.25) is 4.79 Å². The van der Waals surface area contributed by atoms with Crippen LogP contribution in [0.3, 0.4) is 0 Å². The quantitative estimate of drug-likeness (QED) is 0.806. The van der Waals surface area contributed by atoms with Crippen molar-refractivity contribution in [1.82, 2.24) is 0 Å². The van der Waals surface area contributed by atoms with Gasteiger partial charge in [0.15, 0.2) is 0 Å². The summed E-state index contributed by atoms with van der Waals surface area (Å²) >= 11 is 0. The fourth-order valence-corrected chi connectivity index (χ4v) is 2.64. The molecule has 1 aliphatic rings. The molecule has 3 rings (SSSR count). The zero-order chi connectivity index (χ0) is 14.3. The smallest absolute Gasteiger partial charge is 0.258 e. The van der Waals surface area contributed by atoms with E-state index in [0.29, 0.717) is 0 Å². The number of fused-ring (bicyclic) bond motifs is 1. The first kappa shape index (κ1) is 12.7. The Morgan fingerprint density at radius 1 is 1.15 bits per heavy atom. The lowest BCUT2D eigenvalue weighted by Crippen LogP contribution is -2.28. The van der Waals surface area contributed by atoms with Gasteiger partial charge in [0, 0.05) is 23.5 Å². The normalized spacial score (nSPS) is 13.4. The van der Waals surface area contributed by atoms with Gasteiger partial charge in [-0.05, 0) is 49.6 Å². The maximum atomic E-state index is 12.6. The average molecular weight is 266 g/mol. The molecule has 3 nitrogen and oxygen atoms in total. The molecule has 2 aromatic rings. The van der Waals surface area contributed by atoms with Crippen LogP contribution in [0.1, 0.15) is 27.0 Å². The van der Waals surface area contributed by atoms with E-state index in [1.165, 1.54) is 5.56 Å². The molecule has 0 atom stereocenters. The van der Waals surface area contributed by atoms with Crippen molar-refractivity contribution in [1.29, 1.82) is 0 Å². The number of nitrogen functional groups attached to an aromatic ring is 1. The van der Waals surface area contributed by atoms with E-state index in [4.69, 9.17) is 5.73 Å². The molecule has 0 saturated carbocycles. The third kappa shape index (κ3) is 2.05. The summed E-state index contributed by atoms with van der Waals surface area (Å²) in [6, 6.07) is 11.7. The van der Waals surface area contributed by atoms with Crippen molar-refractivity contribution < 1.29 is 4.79 Å². The third-order valence-electron chi connectivity index (χ3n) is 3.91. The number of benzene rings is 2. The first-order chi connectivity index (χ1) is 9.56. The van der Waals surface area contributed by atoms with Gasteiger partial charge in [-0.15, -0.1) is 0 Å². The Bertz CT molecular complexity index is 674. The van der Waals surface area contributed by atoms with Crippen LogP contribution >= 0.6 is 0 Å². The molecule has 0 aliphatic carbocycles. The minimum absolute atomic E-state index is 0.0482. The van der Waals surface area contributed by atoms with Crippen LogP contribution in [0, 0.1) is 13.8 Å². The standard InChI is InChI=1S/C17H18N2O/c1-11-3-5-13(6-4-11)17(20)19-8-7-14-9-12(2)15(18)10-16(14)19/h3-6,9-10H,7-8,18H2,1-2H3. The Balaban J connectivity index is 1.96. The molecule has 1 aliphatic heterocycles. The van der Waals surface area contributed by atoms with Gasteiger partial charge < -0.3 is 10.6 Å². The van der Waals surface area contributed by atoms with Crippen molar-refractivity contribution in [2.75, 3.05) is 17.2 Å². The second-order valence-corrected chi connectivity index (χ2v) is 5.41. The highest BCUT2D eigenvalue weighted by molar-refractivity contribution is 6.07. The van der Waals surface area contributed by atoms with Gasteiger partial charge in [-0.2, -0.15) is 0 Å². The van der Waals surface area contributed by atoms with E-state index >= 15 is 0 Å². The maximum absolute atomic E-state index is 12.6. The summed E-state index contributed by atoms with van der Waals surface area (Å²) in [5, 5.41) is 0. The van der Waals surface area contributed by atoms with Gasteiger partial charge in [0.1, 0.15) is 0 Å². The van der Waals surface area contributed by atoms with Crippen molar-refractivity contribution in [2.24, 2.45) is 0 Å². The van der Waals surface area contributed by atoms with Crippen LogP contribution < -0.4 is 10.6 Å². The van der Waals surface area contributed by atoms with Crippen molar-refractivity contribution in [3.63, 3.8) is 0 Å². The molecule has 0 fully saturated rings. The molecule has 0 spiro atoms. The number of nitrogens with two attached hydrogens (primary N) is 1. The number of amides is 1. The van der Waals surface area contributed by atoms with E-state index in [0.717, 1.165) is 41.0 Å². The maximum Gasteiger partial charge on any atom is 0.258 e. The van der Waals surface area contributed by atoms with Crippen molar-refractivity contribution in [3.8, 4) is 0 Å². The van der Waals surface area contributed by atoms with Crippen LogP contribution in [-0.2, 0) is 6.42 Å². The highest BCUT2D eigenvalue weighted by Crippen LogP contribution is 2.33. The fraction of sp³-hybridized carbons (Fsp3) is 0.235. The van der Waals surface area contributed by atoms with Gasteiger partial charge in [0.25, 0.3) is 5.91 Å². The second kappa shape index (κ2) is 4.67. The highest BCUT2D eigenvalue weighted by atomic mass is 16.2. The zero-order valence-corrected chi connectivity index (χ0v) is 11.8. The number of hydrogen-bond acceptors (Lipinski definition) is 2. The molecule has 0 radical (unpaired) electrons. The Hall–Kier alpha value is -2.29. The van der Waals surface area contributed by atoms with Gasteiger partial charge >= 0.3 is 0 Å². The molecular weight excluding hydrogens is 248 g/mol. The molecule has 2 N–H and O–H groups in total. The topological polar surface area (TPSA) is 46.3 Å². The molecule has 0 saturated heterocycles. The predicted molar refractivity (Wildman–Crippen MR) is 82.2 cm³/mol. The van der Waals surface area contributed by atoms with Gasteiger partial charge in [-0.1, -0.05) is 23.8 Å². The molecule has 1 heterocycles. The number of aryl methyl sites for hydroxylation is 2. The van der Waals surface area contributed by atoms with Crippen LogP contribution in [-0.4, -0.2) is 12.5 Å². The minimum Gasteiger partial charge on any atom is -0.398 e. The largest absolute Gasteiger partial charge is 0.398 e. The minimum atomic E-state index is 0.0482. The van der Waals surface area contributed by atoms with Crippen LogP contribution in [0.25, 0.3) is 0 Å². The van der Waals surface area contributed by atoms with Crippen molar-refractivity contribution >= 4 is 17.3 Å². The molecule has 0 bridgehead atoms. The monoisotopic (exact) mass is 266 g/mol. The van der Waals surface area contributed by atoms with Gasteiger partial charge in [0.05, 0.1) is 0 Å². The first-order valence-electron chi connectivity index (χ1n) is 6.84. The van der Waals surface area contributed by atoms with Crippen LogP contribution in [0.5, 0.6) is 0 Å². The molecule has 102 valence electrons. The predicted octanol–water partition coefficient (Wildman–Crippen LogP) is 3.09. The van der Waals surface area contributed by atoms with Crippen molar-refractivity contribution in [2.45, 2.75) is 20.3 Å². The zero-order valence-electron chi connectivity index (χ0n) is 11.8. The molecule has 0 unspecified atom stereocenters. The Kier molecular flexibility index (Phi) is 2.97. The Labute approximate surface area is 119 Å². The molecule has 2 aromatic carbocycles. The number of hydrogen-bond donors (Lipinski definition) is 1. The lowest BCUT2D eigenvalue weighted by atomic mass is 10.1. The summed E-state index contributed by atoms with van der Waals surface area (Å²) in [5.74, 6) is 0.0482. The average Bonchev–Trinajstić information content (AvgIpc) is 2.82. The van der Waals surface area contributed by atoms with Gasteiger partial charge in [-0.25, -0.2) is 0 Å². The number of anilines is 2. The van der Waals surface area contributed by atoms with Crippen LogP contribution in [0.15, 0.2) is 36.4 Å². The van der Waals surface area contributed by atoms with Crippen LogP contribution in [0.2, 0.25) is 0 Å². The summed E-state index contributed by atoms with van der Waals surface area (Å²) in [5.41, 5.74) is 11.8. The van der Waals surface area contributed by atoms with E-state index in [1.54, 1.807) is 0 Å². The highest BCUT2D eigenvalue weighted by Gasteiger charge is 2.26. The molecular formula is C17H18N2O. The van der Waals surface area contributed by atoms with E-state index in [2.05, 4.69) is 6.07 Å². The summed E-state index contributed by atoms with van der Waals surface area (Å²) < 4.78 is 0. The Morgan fingerprint density at radius 2 is 1.85 bits per heavy atom. The first-order valence-corrected chi connectivity index (χ1v) is 6.84. The number of carbonyl (C=O) groups is 1. The van der Waals surface area contributed by atoms with E-state index in [9.17, 15) is 4.79 Å². The molecule has 1 amide bonds. The SMILES string of the molecule is Cc1ccc(C(=O)N2CCc3cc(C)c(N)cc32)cc1. The summed E-state index contributed by atoms with van der Waals surface area (Å²) in [6.45, 7) is 4.74. The Morgan fingerprint density at radius 3 is 2.55 bits per heavy atom. The van der Waals surface area contributed by atoms with Crippen molar-refractivity contribution in [3.05, 3.63) is 58.7 Å². The summed E-state index contributed by atoms with van der Waals surface area (Å²) in [6.07, 6.45) is 0.897. The molecule has 3 heteroatoms. The number of rotatable bonds is 1. The lowest BCUT2D eigenvalue weighted by molar-refractivity contribution is 0.0989. The molecule has 0 aromatic heterocycles. The second-order valence-electron chi connectivity index (χ2n) is 5.41. The lowest BCUT2D eigenvalue weighted by Gasteiger charge is -2.18. The number of nitrogens with zero attached hydrogens (tertiary/aromatic N) is 1. The summed E-state index contributed by atoms with van der Waals surface area (Å²) in [7, 11) is 0. The van der Waals surface area contributed by atoms with Gasteiger partial charge in [0.2, 0.25) is 0 Å². The van der Waals surface area contributed by atoms with E-state index < -0.39 is 0 Å². The summed E-state index contributed by atoms with van der Waals surface area (Å²) in [4.78, 5) is 14.4. The molecule has 20 heavy (non-hydrogen) atoms. The van der Waals surface area contributed by atoms with E-state index in [-0.39, 0.29) is 5.91 Å². The third-order valence-corrected chi connectivity index (χ3v) is 3.91. The number of carbonyl (C=O) groups excluding carboxylic acids is 1.